The van der Waals surface area contributed by atoms with E-state index in [9.17, 15) is 0 Å². The molecule has 0 N–H and O–H groups in total. The Labute approximate surface area is 79.7 Å². The number of epoxide rings is 1. The van der Waals surface area contributed by atoms with Crippen molar-refractivity contribution in [3.05, 3.63) is 0 Å². The van der Waals surface area contributed by atoms with Crippen LogP contribution in [0.1, 0.15) is 0 Å². The fourth-order valence-electron chi connectivity index (χ4n) is 0.784. The van der Waals surface area contributed by atoms with Crippen molar-refractivity contribution >= 4 is 17.4 Å². The fraction of sp³-hybridized carbons (Fsp3) is 1.00. The minimum atomic E-state index is 0. The SMILES string of the molecule is C[N+](C)(C)CC1CO1.[AlH3].[Cl-]. The molecule has 0 saturated carbocycles. The number of halogens is 1. The van der Waals surface area contributed by atoms with E-state index in [1.807, 2.05) is 0 Å². The molecule has 1 heterocycles. The van der Waals surface area contributed by atoms with Crippen LogP contribution in [0.15, 0.2) is 0 Å². The molecule has 1 fully saturated rings. The Morgan fingerprint density at radius 3 is 1.90 bits per heavy atom. The number of likely N-dealkylation sites (N-methyl/N-ethyl adjacent to an activating group) is 1. The fourth-order valence-corrected chi connectivity index (χ4v) is 0.784. The first-order valence-electron chi connectivity index (χ1n) is 3.00. The van der Waals surface area contributed by atoms with Gasteiger partial charge in [-0.15, -0.1) is 0 Å². The summed E-state index contributed by atoms with van der Waals surface area (Å²) in [6.07, 6.45) is 0.565. The highest BCUT2D eigenvalue weighted by molar-refractivity contribution is 5.75. The molecule has 0 amide bonds. The Kier molecular flexibility index (Phi) is 6.12. The number of hydrogen-bond donors (Lipinski definition) is 0. The standard InChI is InChI=1S/C6H14NO.Al.ClH.3H/c1-7(2,3)4-6-5-8-6;;;;;/h6H,4-5H2,1-3H3;;1H;;;/q+1;;;;;/p-1. The summed E-state index contributed by atoms with van der Waals surface area (Å²) in [4.78, 5) is 0. The molecule has 1 unspecified atom stereocenters. The second-order valence-corrected chi connectivity index (χ2v) is 3.43. The average Bonchev–Trinajstić information content (AvgIpc) is 2.12. The van der Waals surface area contributed by atoms with Gasteiger partial charge in [-0.05, 0) is 0 Å². The van der Waals surface area contributed by atoms with Gasteiger partial charge in [0.2, 0.25) is 0 Å². The van der Waals surface area contributed by atoms with Crippen molar-refractivity contribution in [2.45, 2.75) is 6.10 Å². The van der Waals surface area contributed by atoms with Crippen molar-refractivity contribution in [1.82, 2.24) is 0 Å². The Balaban J connectivity index is 0. The summed E-state index contributed by atoms with van der Waals surface area (Å²) in [7, 11) is 6.55. The van der Waals surface area contributed by atoms with Gasteiger partial charge in [-0.3, -0.25) is 0 Å². The van der Waals surface area contributed by atoms with Crippen LogP contribution < -0.4 is 12.4 Å². The third-order valence-electron chi connectivity index (χ3n) is 1.15. The molecule has 0 radical (unpaired) electrons. The molecule has 4 heteroatoms. The molecule has 1 rings (SSSR count). The van der Waals surface area contributed by atoms with Crippen molar-refractivity contribution < 1.29 is 21.6 Å². The van der Waals surface area contributed by atoms with Crippen LogP contribution in [0.3, 0.4) is 0 Å². The van der Waals surface area contributed by atoms with Crippen LogP contribution in [0.5, 0.6) is 0 Å². The highest BCUT2D eigenvalue weighted by Gasteiger charge is 2.28. The van der Waals surface area contributed by atoms with Crippen molar-refractivity contribution in [3.8, 4) is 0 Å². The van der Waals surface area contributed by atoms with E-state index >= 15 is 0 Å². The summed E-state index contributed by atoms with van der Waals surface area (Å²) in [5.41, 5.74) is 0. The first kappa shape index (κ1) is 13.3. The molecule has 2 nitrogen and oxygen atoms in total. The topological polar surface area (TPSA) is 12.5 Å². The molecule has 0 bridgehead atoms. The van der Waals surface area contributed by atoms with E-state index in [0.717, 1.165) is 17.6 Å². The zero-order valence-electron chi connectivity index (χ0n) is 6.22. The van der Waals surface area contributed by atoms with E-state index in [1.54, 1.807) is 0 Å². The van der Waals surface area contributed by atoms with Gasteiger partial charge in [0, 0.05) is 0 Å². The lowest BCUT2D eigenvalue weighted by Gasteiger charge is -2.22. The van der Waals surface area contributed by atoms with Gasteiger partial charge in [0.1, 0.15) is 12.6 Å². The van der Waals surface area contributed by atoms with Crippen molar-refractivity contribution in [3.63, 3.8) is 0 Å². The zero-order valence-corrected chi connectivity index (χ0v) is 6.98. The molecule has 1 aliphatic rings. The van der Waals surface area contributed by atoms with Crippen molar-refractivity contribution in [2.24, 2.45) is 0 Å². The molecule has 1 saturated heterocycles. The Morgan fingerprint density at radius 1 is 1.40 bits per heavy atom. The first-order valence-corrected chi connectivity index (χ1v) is 3.00. The summed E-state index contributed by atoms with van der Waals surface area (Å²) in [6.45, 7) is 2.13. The molecule has 0 aromatic heterocycles. The van der Waals surface area contributed by atoms with Gasteiger partial charge in [0.05, 0.1) is 27.7 Å². The molecular weight excluding hydrogens is 165 g/mol. The quantitative estimate of drug-likeness (QED) is 0.240. The predicted octanol–water partition coefficient (Wildman–Crippen LogP) is -4.09. The highest BCUT2D eigenvalue weighted by atomic mass is 35.5. The van der Waals surface area contributed by atoms with Crippen LogP contribution >= 0.6 is 0 Å². The van der Waals surface area contributed by atoms with Gasteiger partial charge < -0.3 is 21.6 Å². The van der Waals surface area contributed by atoms with Crippen molar-refractivity contribution in [2.75, 3.05) is 34.3 Å². The van der Waals surface area contributed by atoms with Crippen LogP contribution in [0.4, 0.5) is 0 Å². The lowest BCUT2D eigenvalue weighted by molar-refractivity contribution is -0.870. The summed E-state index contributed by atoms with van der Waals surface area (Å²) in [5, 5.41) is 0. The number of ether oxygens (including phenoxy) is 1. The molecule has 1 atom stereocenters. The summed E-state index contributed by atoms with van der Waals surface area (Å²) in [5.74, 6) is 0. The summed E-state index contributed by atoms with van der Waals surface area (Å²) >= 11 is 0. The van der Waals surface area contributed by atoms with Gasteiger partial charge >= 0.3 is 0 Å². The van der Waals surface area contributed by atoms with Crippen LogP contribution in [0, 0.1) is 0 Å². The number of quaternary nitrogens is 1. The number of nitrogens with zero attached hydrogens (tertiary/aromatic N) is 1. The van der Waals surface area contributed by atoms with E-state index in [1.165, 1.54) is 0 Å². The van der Waals surface area contributed by atoms with E-state index in [-0.39, 0.29) is 29.8 Å². The number of rotatable bonds is 2. The predicted molar refractivity (Wildman–Crippen MR) is 42.6 cm³/mol. The maximum absolute atomic E-state index is 5.07. The van der Waals surface area contributed by atoms with E-state index in [2.05, 4.69) is 21.1 Å². The smallest absolute Gasteiger partial charge is 0.187 e. The maximum Gasteiger partial charge on any atom is 0.187 e. The molecule has 10 heavy (non-hydrogen) atoms. The molecule has 0 aliphatic carbocycles. The molecule has 1 aliphatic heterocycles. The minimum Gasteiger partial charge on any atom is -1.00 e. The van der Waals surface area contributed by atoms with Gasteiger partial charge in [-0.25, -0.2) is 0 Å². The van der Waals surface area contributed by atoms with Crippen LogP contribution in [0.2, 0.25) is 0 Å². The molecular formula is C6H17AlClNO. The lowest BCUT2D eigenvalue weighted by atomic mass is 10.4. The van der Waals surface area contributed by atoms with Gasteiger partial charge in [-0.1, -0.05) is 0 Å². The Hall–Kier alpha value is 0.742. The molecule has 62 valence electrons. The monoisotopic (exact) mass is 181 g/mol. The van der Waals surface area contributed by atoms with Gasteiger partial charge in [0.15, 0.2) is 17.4 Å². The largest absolute Gasteiger partial charge is 1.00 e. The van der Waals surface area contributed by atoms with Crippen LogP contribution in [-0.2, 0) is 4.74 Å². The normalized spacial score (nSPS) is 22.5. The zero-order chi connectivity index (χ0) is 6.20. The number of hydrogen-bond acceptors (Lipinski definition) is 1. The van der Waals surface area contributed by atoms with Crippen LogP contribution in [0.25, 0.3) is 0 Å². The van der Waals surface area contributed by atoms with Gasteiger partial charge in [-0.2, -0.15) is 0 Å². The van der Waals surface area contributed by atoms with Crippen LogP contribution in [-0.4, -0.2) is 62.2 Å². The van der Waals surface area contributed by atoms with E-state index in [0.29, 0.717) is 6.10 Å². The minimum absolute atomic E-state index is 0. The molecule has 0 aromatic rings. The van der Waals surface area contributed by atoms with Gasteiger partial charge in [0.25, 0.3) is 0 Å². The van der Waals surface area contributed by atoms with Crippen molar-refractivity contribution in [1.29, 1.82) is 0 Å². The second-order valence-electron chi connectivity index (χ2n) is 3.43. The average molecular weight is 182 g/mol. The highest BCUT2D eigenvalue weighted by Crippen LogP contribution is 2.11. The maximum atomic E-state index is 5.07. The Bertz CT molecular complexity index is 90.2. The molecule has 0 aromatic carbocycles. The lowest BCUT2D eigenvalue weighted by Crippen LogP contribution is -3.00. The summed E-state index contributed by atoms with van der Waals surface area (Å²) in [6, 6.07) is 0. The third kappa shape index (κ3) is 6.86. The third-order valence-corrected chi connectivity index (χ3v) is 1.15. The molecule has 0 spiro atoms. The first-order chi connectivity index (χ1) is 3.58. The summed E-state index contributed by atoms with van der Waals surface area (Å²) < 4.78 is 6.09. The second kappa shape index (κ2) is 4.59. The Morgan fingerprint density at radius 2 is 1.80 bits per heavy atom. The van der Waals surface area contributed by atoms with E-state index < -0.39 is 0 Å². The van der Waals surface area contributed by atoms with E-state index in [4.69, 9.17) is 4.74 Å².